The van der Waals surface area contributed by atoms with E-state index in [1.54, 1.807) is 0 Å². The van der Waals surface area contributed by atoms with Crippen LogP contribution in [0.15, 0.2) is 6.07 Å². The molecule has 0 spiro atoms. The molecular formula is C12H20N4O2. The van der Waals surface area contributed by atoms with Gasteiger partial charge >= 0.3 is 5.97 Å². The topological polar surface area (TPSA) is 101 Å². The molecule has 0 aliphatic rings. The van der Waals surface area contributed by atoms with Crippen molar-refractivity contribution in [2.75, 3.05) is 11.9 Å². The van der Waals surface area contributed by atoms with Crippen molar-refractivity contribution in [3.05, 3.63) is 17.5 Å². The first-order chi connectivity index (χ1) is 8.49. The normalized spacial score (nSPS) is 12.2. The number of nitrogens with one attached hydrogen (secondary N) is 1. The summed E-state index contributed by atoms with van der Waals surface area (Å²) < 4.78 is 0. The third-order valence-electron chi connectivity index (χ3n) is 2.52. The lowest BCUT2D eigenvalue weighted by atomic mass is 10.1. The van der Waals surface area contributed by atoms with Gasteiger partial charge in [-0.05, 0) is 39.2 Å². The molecule has 0 saturated carbocycles. The van der Waals surface area contributed by atoms with Gasteiger partial charge in [0.05, 0.1) is 0 Å². The maximum atomic E-state index is 10.5. The summed E-state index contributed by atoms with van der Waals surface area (Å²) in [5.41, 5.74) is 7.26. The molecule has 1 atom stereocenters. The van der Waals surface area contributed by atoms with Crippen LogP contribution in [0.4, 0.5) is 5.95 Å². The molecule has 0 amide bonds. The lowest BCUT2D eigenvalue weighted by Gasteiger charge is -2.08. The Balaban J connectivity index is 2.23. The minimum atomic E-state index is -0.944. The zero-order chi connectivity index (χ0) is 13.5. The summed E-state index contributed by atoms with van der Waals surface area (Å²) in [7, 11) is 0. The zero-order valence-corrected chi connectivity index (χ0v) is 10.8. The number of aromatic nitrogens is 2. The average Bonchev–Trinajstić information content (AvgIpc) is 2.26. The van der Waals surface area contributed by atoms with Gasteiger partial charge in [-0.3, -0.25) is 4.79 Å². The van der Waals surface area contributed by atoms with E-state index in [0.29, 0.717) is 12.4 Å². The van der Waals surface area contributed by atoms with Crippen LogP contribution in [0, 0.1) is 13.8 Å². The van der Waals surface area contributed by atoms with E-state index in [1.165, 1.54) is 0 Å². The Labute approximate surface area is 107 Å². The summed E-state index contributed by atoms with van der Waals surface area (Å²) >= 11 is 0. The minimum absolute atomic E-state index is 0.491. The number of hydrogen-bond acceptors (Lipinski definition) is 5. The lowest BCUT2D eigenvalue weighted by molar-refractivity contribution is -0.138. The highest BCUT2D eigenvalue weighted by molar-refractivity contribution is 5.72. The monoisotopic (exact) mass is 252 g/mol. The molecule has 6 heteroatoms. The van der Waals surface area contributed by atoms with Gasteiger partial charge in [-0.15, -0.1) is 0 Å². The van der Waals surface area contributed by atoms with Crippen molar-refractivity contribution >= 4 is 11.9 Å². The second-order valence-electron chi connectivity index (χ2n) is 4.34. The van der Waals surface area contributed by atoms with Crippen molar-refractivity contribution in [3.63, 3.8) is 0 Å². The maximum absolute atomic E-state index is 10.5. The van der Waals surface area contributed by atoms with Crippen LogP contribution in [0.3, 0.4) is 0 Å². The van der Waals surface area contributed by atoms with Gasteiger partial charge in [0, 0.05) is 17.9 Å². The van der Waals surface area contributed by atoms with Crippen molar-refractivity contribution in [2.24, 2.45) is 5.73 Å². The molecule has 0 saturated heterocycles. The SMILES string of the molecule is Cc1cc(C)nc(NCCCCC(N)C(=O)O)n1. The molecule has 1 aromatic heterocycles. The minimum Gasteiger partial charge on any atom is -0.480 e. The van der Waals surface area contributed by atoms with E-state index in [-0.39, 0.29) is 0 Å². The van der Waals surface area contributed by atoms with Crippen LogP contribution in [0.25, 0.3) is 0 Å². The van der Waals surface area contributed by atoms with Crippen LogP contribution >= 0.6 is 0 Å². The Hall–Kier alpha value is -1.69. The molecule has 100 valence electrons. The highest BCUT2D eigenvalue weighted by Gasteiger charge is 2.09. The number of unbranched alkanes of at least 4 members (excludes halogenated alkanes) is 1. The lowest BCUT2D eigenvalue weighted by Crippen LogP contribution is -2.29. The average molecular weight is 252 g/mol. The molecular weight excluding hydrogens is 232 g/mol. The number of rotatable bonds is 7. The van der Waals surface area contributed by atoms with Crippen LogP contribution in [-0.4, -0.2) is 33.6 Å². The number of aliphatic carboxylic acids is 1. The Morgan fingerprint density at radius 1 is 1.39 bits per heavy atom. The van der Waals surface area contributed by atoms with Gasteiger partial charge in [0.15, 0.2) is 0 Å². The maximum Gasteiger partial charge on any atom is 0.320 e. The fourth-order valence-corrected chi connectivity index (χ4v) is 1.62. The molecule has 1 unspecified atom stereocenters. The van der Waals surface area contributed by atoms with E-state index < -0.39 is 12.0 Å². The first-order valence-electron chi connectivity index (χ1n) is 6.03. The van der Waals surface area contributed by atoms with Gasteiger partial charge in [0.2, 0.25) is 5.95 Å². The highest BCUT2D eigenvalue weighted by Crippen LogP contribution is 2.05. The number of nitrogens with two attached hydrogens (primary N) is 1. The molecule has 0 radical (unpaired) electrons. The molecule has 4 N–H and O–H groups in total. The quantitative estimate of drug-likeness (QED) is 0.628. The number of aryl methyl sites for hydroxylation is 2. The molecule has 0 aliphatic heterocycles. The summed E-state index contributed by atoms with van der Waals surface area (Å²) in [5.74, 6) is -0.323. The fourth-order valence-electron chi connectivity index (χ4n) is 1.62. The molecule has 1 aromatic rings. The number of carboxylic acids is 1. The zero-order valence-electron chi connectivity index (χ0n) is 10.8. The Kier molecular flexibility index (Phi) is 5.51. The largest absolute Gasteiger partial charge is 0.480 e. The number of carboxylic acid groups (broad SMARTS) is 1. The van der Waals surface area contributed by atoms with Crippen molar-refractivity contribution < 1.29 is 9.90 Å². The molecule has 0 fully saturated rings. The van der Waals surface area contributed by atoms with Crippen molar-refractivity contribution in [1.29, 1.82) is 0 Å². The third kappa shape index (κ3) is 5.09. The standard InChI is InChI=1S/C12H20N4O2/c1-8-7-9(2)16-12(15-8)14-6-4-3-5-10(13)11(17)18/h7,10H,3-6,13H2,1-2H3,(H,17,18)(H,14,15,16). The molecule has 18 heavy (non-hydrogen) atoms. The number of hydrogen-bond donors (Lipinski definition) is 3. The summed E-state index contributed by atoms with van der Waals surface area (Å²) in [6.07, 6.45) is 2.10. The van der Waals surface area contributed by atoms with Gasteiger partial charge in [-0.2, -0.15) is 0 Å². The van der Waals surface area contributed by atoms with Gasteiger partial charge < -0.3 is 16.2 Å². The number of carbonyl (C=O) groups is 1. The van der Waals surface area contributed by atoms with E-state index >= 15 is 0 Å². The summed E-state index contributed by atoms with van der Waals surface area (Å²) in [4.78, 5) is 19.0. The predicted molar refractivity (Wildman–Crippen MR) is 69.5 cm³/mol. The molecule has 0 aromatic carbocycles. The third-order valence-corrected chi connectivity index (χ3v) is 2.52. The number of anilines is 1. The Morgan fingerprint density at radius 3 is 2.56 bits per heavy atom. The van der Waals surface area contributed by atoms with Crippen molar-refractivity contribution in [3.8, 4) is 0 Å². The molecule has 0 bridgehead atoms. The van der Waals surface area contributed by atoms with Crippen LogP contribution < -0.4 is 11.1 Å². The van der Waals surface area contributed by atoms with E-state index in [2.05, 4.69) is 15.3 Å². The van der Waals surface area contributed by atoms with Crippen LogP contribution in [-0.2, 0) is 4.79 Å². The molecule has 1 heterocycles. The fraction of sp³-hybridized carbons (Fsp3) is 0.583. The Bertz CT molecular complexity index is 389. The first kappa shape index (κ1) is 14.4. The summed E-state index contributed by atoms with van der Waals surface area (Å²) in [6, 6.07) is 1.15. The van der Waals surface area contributed by atoms with Crippen molar-refractivity contribution in [2.45, 2.75) is 39.2 Å². The van der Waals surface area contributed by atoms with Gasteiger partial charge in [-0.1, -0.05) is 0 Å². The molecule has 0 aliphatic carbocycles. The van der Waals surface area contributed by atoms with Crippen LogP contribution in [0.1, 0.15) is 30.7 Å². The highest BCUT2D eigenvalue weighted by atomic mass is 16.4. The van der Waals surface area contributed by atoms with E-state index in [4.69, 9.17) is 10.8 Å². The van der Waals surface area contributed by atoms with Crippen LogP contribution in [0.2, 0.25) is 0 Å². The molecule has 6 nitrogen and oxygen atoms in total. The smallest absolute Gasteiger partial charge is 0.320 e. The van der Waals surface area contributed by atoms with E-state index in [1.807, 2.05) is 19.9 Å². The first-order valence-corrected chi connectivity index (χ1v) is 6.03. The van der Waals surface area contributed by atoms with Gasteiger partial charge in [0.25, 0.3) is 0 Å². The van der Waals surface area contributed by atoms with Gasteiger partial charge in [0.1, 0.15) is 6.04 Å². The van der Waals surface area contributed by atoms with E-state index in [9.17, 15) is 4.79 Å². The van der Waals surface area contributed by atoms with Crippen LogP contribution in [0.5, 0.6) is 0 Å². The molecule has 1 rings (SSSR count). The van der Waals surface area contributed by atoms with Crippen molar-refractivity contribution in [1.82, 2.24) is 9.97 Å². The Morgan fingerprint density at radius 2 is 2.00 bits per heavy atom. The second kappa shape index (κ2) is 6.90. The number of nitrogens with zero attached hydrogens (tertiary/aromatic N) is 2. The summed E-state index contributed by atoms with van der Waals surface area (Å²) in [5, 5.41) is 11.7. The predicted octanol–water partition coefficient (Wildman–Crippen LogP) is 1.09. The van der Waals surface area contributed by atoms with Gasteiger partial charge in [-0.25, -0.2) is 9.97 Å². The summed E-state index contributed by atoms with van der Waals surface area (Å²) in [6.45, 7) is 4.56. The second-order valence-corrected chi connectivity index (χ2v) is 4.34. The van der Waals surface area contributed by atoms with E-state index in [0.717, 1.165) is 30.8 Å².